The number of fused-ring (bicyclic) bond motifs is 1. The summed E-state index contributed by atoms with van der Waals surface area (Å²) in [5.41, 5.74) is 0. The van der Waals surface area contributed by atoms with Crippen molar-refractivity contribution >= 4 is 10.1 Å². The van der Waals surface area contributed by atoms with Gasteiger partial charge in [-0.1, -0.05) is 6.92 Å². The monoisotopic (exact) mass is 315 g/mol. The van der Waals surface area contributed by atoms with Gasteiger partial charge in [0.1, 0.15) is 18.5 Å². The van der Waals surface area contributed by atoms with Gasteiger partial charge in [0.25, 0.3) is 0 Å². The largest absolute Gasteiger partial charge is 0.486 e. The lowest BCUT2D eigenvalue weighted by Gasteiger charge is -2.29. The van der Waals surface area contributed by atoms with Crippen LogP contribution in [0.1, 0.15) is 13.3 Å². The van der Waals surface area contributed by atoms with Crippen molar-refractivity contribution in [1.82, 2.24) is 4.90 Å². The van der Waals surface area contributed by atoms with Crippen LogP contribution < -0.4 is 13.7 Å². The van der Waals surface area contributed by atoms with Crippen molar-refractivity contribution in [2.75, 3.05) is 33.0 Å². The second-order valence-corrected chi connectivity index (χ2v) is 6.78. The molecule has 0 bridgehead atoms. The van der Waals surface area contributed by atoms with Crippen molar-refractivity contribution in [3.8, 4) is 17.2 Å². The van der Waals surface area contributed by atoms with Gasteiger partial charge in [0.15, 0.2) is 11.5 Å². The number of likely N-dealkylation sites (N-methyl/N-ethyl adjacent to an activating group) is 1. The van der Waals surface area contributed by atoms with Crippen LogP contribution in [0.2, 0.25) is 0 Å². The van der Waals surface area contributed by atoms with Gasteiger partial charge in [0.05, 0.1) is 6.26 Å². The lowest BCUT2D eigenvalue weighted by molar-refractivity contribution is 0.0653. The van der Waals surface area contributed by atoms with Crippen molar-refractivity contribution in [2.24, 2.45) is 0 Å². The molecule has 2 rings (SSSR count). The zero-order valence-corrected chi connectivity index (χ0v) is 13.4. The maximum absolute atomic E-state index is 11.1. The Morgan fingerprint density at radius 3 is 2.81 bits per heavy atom. The number of hydrogen-bond acceptors (Lipinski definition) is 6. The van der Waals surface area contributed by atoms with E-state index in [9.17, 15) is 8.42 Å². The van der Waals surface area contributed by atoms with Crippen LogP contribution in [0.25, 0.3) is 0 Å². The third-order valence-electron chi connectivity index (χ3n) is 3.00. The molecule has 1 heterocycles. The molecular formula is C14H21NO5S. The van der Waals surface area contributed by atoms with E-state index in [2.05, 4.69) is 11.8 Å². The molecule has 0 fully saturated rings. The number of rotatable bonds is 6. The summed E-state index contributed by atoms with van der Waals surface area (Å²) >= 11 is 0. The maximum atomic E-state index is 11.1. The summed E-state index contributed by atoms with van der Waals surface area (Å²) in [7, 11) is -1.51. The average molecular weight is 315 g/mol. The first-order valence-electron chi connectivity index (χ1n) is 6.89. The van der Waals surface area contributed by atoms with Crippen LogP contribution in [0.15, 0.2) is 18.2 Å². The Morgan fingerprint density at radius 2 is 2.14 bits per heavy atom. The standard InChI is InChI=1S/C14H21NO5S/c1-4-7-15(2)9-12-10-18-13-6-5-11(8-14(13)19-12)20-21(3,16)17/h5-6,8,12H,4,7,9-10H2,1-3H3. The van der Waals surface area contributed by atoms with E-state index in [0.29, 0.717) is 18.1 Å². The van der Waals surface area contributed by atoms with Crippen molar-refractivity contribution in [3.05, 3.63) is 18.2 Å². The molecule has 0 aliphatic carbocycles. The van der Waals surface area contributed by atoms with Gasteiger partial charge < -0.3 is 18.6 Å². The first-order chi connectivity index (χ1) is 9.87. The zero-order chi connectivity index (χ0) is 15.5. The van der Waals surface area contributed by atoms with E-state index in [4.69, 9.17) is 13.7 Å². The normalized spacial score (nSPS) is 17.8. The Balaban J connectivity index is 2.06. The van der Waals surface area contributed by atoms with E-state index in [1.807, 2.05) is 7.05 Å². The van der Waals surface area contributed by atoms with Crippen LogP contribution in [-0.2, 0) is 10.1 Å². The van der Waals surface area contributed by atoms with Crippen LogP contribution >= 0.6 is 0 Å². The number of benzene rings is 1. The quantitative estimate of drug-likeness (QED) is 0.741. The van der Waals surface area contributed by atoms with Gasteiger partial charge in [-0.15, -0.1) is 0 Å². The van der Waals surface area contributed by atoms with Gasteiger partial charge in [-0.25, -0.2) is 0 Å². The summed E-state index contributed by atoms with van der Waals surface area (Å²) in [6.45, 7) is 4.35. The van der Waals surface area contributed by atoms with Gasteiger partial charge >= 0.3 is 10.1 Å². The van der Waals surface area contributed by atoms with E-state index < -0.39 is 10.1 Å². The van der Waals surface area contributed by atoms with Crippen LogP contribution in [0.3, 0.4) is 0 Å². The molecule has 1 aromatic carbocycles. The lowest BCUT2D eigenvalue weighted by Crippen LogP contribution is -2.39. The molecule has 0 spiro atoms. The third kappa shape index (κ3) is 4.78. The Labute approximate surface area is 125 Å². The first kappa shape index (κ1) is 15.9. The molecule has 0 amide bonds. The van der Waals surface area contributed by atoms with Crippen LogP contribution in [0.5, 0.6) is 17.2 Å². The Bertz CT molecular complexity index is 587. The Morgan fingerprint density at radius 1 is 1.38 bits per heavy atom. The van der Waals surface area contributed by atoms with Gasteiger partial charge in [0.2, 0.25) is 0 Å². The summed E-state index contributed by atoms with van der Waals surface area (Å²) in [5.74, 6) is 1.34. The molecule has 1 aliphatic rings. The number of hydrogen-bond donors (Lipinski definition) is 0. The van der Waals surface area contributed by atoms with Crippen LogP contribution in [-0.4, -0.2) is 52.4 Å². The number of ether oxygens (including phenoxy) is 2. The summed E-state index contributed by atoms with van der Waals surface area (Å²) in [5, 5.41) is 0. The van der Waals surface area contributed by atoms with Crippen molar-refractivity contribution in [2.45, 2.75) is 19.4 Å². The van der Waals surface area contributed by atoms with Crippen molar-refractivity contribution < 1.29 is 22.1 Å². The fourth-order valence-corrected chi connectivity index (χ4v) is 2.69. The van der Waals surface area contributed by atoms with E-state index in [-0.39, 0.29) is 11.9 Å². The minimum atomic E-state index is -3.55. The second-order valence-electron chi connectivity index (χ2n) is 5.21. The highest BCUT2D eigenvalue weighted by atomic mass is 32.2. The molecule has 1 atom stereocenters. The predicted octanol–water partition coefficient (Wildman–Crippen LogP) is 1.51. The van der Waals surface area contributed by atoms with E-state index >= 15 is 0 Å². The highest BCUT2D eigenvalue weighted by Crippen LogP contribution is 2.35. The minimum Gasteiger partial charge on any atom is -0.486 e. The number of nitrogens with zero attached hydrogens (tertiary/aromatic N) is 1. The molecule has 0 aromatic heterocycles. The van der Waals surface area contributed by atoms with Gasteiger partial charge in [0, 0.05) is 12.6 Å². The second kappa shape index (κ2) is 6.53. The molecular weight excluding hydrogens is 294 g/mol. The molecule has 0 saturated carbocycles. The van der Waals surface area contributed by atoms with Crippen molar-refractivity contribution in [1.29, 1.82) is 0 Å². The Hall–Kier alpha value is -1.47. The molecule has 1 aliphatic heterocycles. The van der Waals surface area contributed by atoms with E-state index in [1.165, 1.54) is 0 Å². The van der Waals surface area contributed by atoms with Gasteiger partial charge in [-0.3, -0.25) is 0 Å². The van der Waals surface area contributed by atoms with Gasteiger partial charge in [-0.05, 0) is 32.1 Å². The molecule has 0 saturated heterocycles. The molecule has 7 heteroatoms. The SMILES string of the molecule is CCCN(C)CC1COc2ccc(OS(C)(=O)=O)cc2O1. The van der Waals surface area contributed by atoms with Gasteiger partial charge in [-0.2, -0.15) is 8.42 Å². The van der Waals surface area contributed by atoms with Crippen LogP contribution in [0, 0.1) is 0 Å². The predicted molar refractivity (Wildman–Crippen MR) is 79.6 cm³/mol. The molecule has 6 nitrogen and oxygen atoms in total. The van der Waals surface area contributed by atoms with E-state index in [1.54, 1.807) is 18.2 Å². The molecule has 21 heavy (non-hydrogen) atoms. The third-order valence-corrected chi connectivity index (χ3v) is 3.50. The van der Waals surface area contributed by atoms with Crippen molar-refractivity contribution in [3.63, 3.8) is 0 Å². The lowest BCUT2D eigenvalue weighted by atomic mass is 10.2. The highest BCUT2D eigenvalue weighted by molar-refractivity contribution is 7.86. The fourth-order valence-electron chi connectivity index (χ4n) is 2.23. The molecule has 0 N–H and O–H groups in total. The average Bonchev–Trinajstić information content (AvgIpc) is 2.36. The minimum absolute atomic E-state index is 0.0810. The molecule has 0 radical (unpaired) electrons. The zero-order valence-electron chi connectivity index (χ0n) is 12.5. The smallest absolute Gasteiger partial charge is 0.306 e. The molecule has 118 valence electrons. The van der Waals surface area contributed by atoms with E-state index in [0.717, 1.165) is 25.8 Å². The summed E-state index contributed by atoms with van der Waals surface area (Å²) in [6, 6.07) is 4.75. The topological polar surface area (TPSA) is 65.1 Å². The highest BCUT2D eigenvalue weighted by Gasteiger charge is 2.23. The maximum Gasteiger partial charge on any atom is 0.306 e. The summed E-state index contributed by atoms with van der Waals surface area (Å²) in [4.78, 5) is 2.18. The molecule has 1 unspecified atom stereocenters. The summed E-state index contributed by atoms with van der Waals surface area (Å²) in [6.07, 6.45) is 2.00. The Kier molecular flexibility index (Phi) is 4.95. The first-order valence-corrected chi connectivity index (χ1v) is 8.70. The van der Waals surface area contributed by atoms with Crippen LogP contribution in [0.4, 0.5) is 0 Å². The fraction of sp³-hybridized carbons (Fsp3) is 0.571. The molecule has 1 aromatic rings. The summed E-state index contributed by atoms with van der Waals surface area (Å²) < 4.78 is 38.7.